The first-order valence-corrected chi connectivity index (χ1v) is 12.5. The molecule has 7 nitrogen and oxygen atoms in total. The van der Waals surface area contributed by atoms with E-state index in [-0.39, 0.29) is 11.7 Å². The number of phenolic OH excluding ortho intramolecular Hbond substituents is 1. The Balaban J connectivity index is 1.51. The Morgan fingerprint density at radius 3 is 2.53 bits per heavy atom. The molecule has 1 fully saturated rings. The summed E-state index contributed by atoms with van der Waals surface area (Å²) in [6.07, 6.45) is 5.25. The van der Waals surface area contributed by atoms with Gasteiger partial charge in [0, 0.05) is 39.0 Å². The third-order valence-corrected chi connectivity index (χ3v) is 6.34. The molecule has 0 radical (unpaired) electrons. The SMILES string of the molecule is C=C(/C=C(/OCCc1ccc(CNC(=O)CC2CCNCC2)cc1)C(=NC)NC)c1ccccc1O. The molecule has 0 bridgehead atoms. The van der Waals surface area contributed by atoms with Gasteiger partial charge < -0.3 is 25.8 Å². The fourth-order valence-corrected chi connectivity index (χ4v) is 4.23. The van der Waals surface area contributed by atoms with E-state index in [0.717, 1.165) is 37.1 Å². The van der Waals surface area contributed by atoms with E-state index in [1.165, 1.54) is 0 Å². The van der Waals surface area contributed by atoms with Gasteiger partial charge in [-0.2, -0.15) is 0 Å². The van der Waals surface area contributed by atoms with Crippen molar-refractivity contribution in [3.63, 3.8) is 0 Å². The van der Waals surface area contributed by atoms with Crippen LogP contribution in [0, 0.1) is 5.92 Å². The summed E-state index contributed by atoms with van der Waals surface area (Å²) in [7, 11) is 3.47. The first-order valence-electron chi connectivity index (χ1n) is 12.5. The molecular weight excluding hydrogens is 452 g/mol. The van der Waals surface area contributed by atoms with Gasteiger partial charge in [0.05, 0.1) is 6.61 Å². The van der Waals surface area contributed by atoms with Crippen molar-refractivity contribution in [1.29, 1.82) is 0 Å². The summed E-state index contributed by atoms with van der Waals surface area (Å²) in [6, 6.07) is 15.3. The second-order valence-corrected chi connectivity index (χ2v) is 8.96. The summed E-state index contributed by atoms with van der Waals surface area (Å²) in [5.74, 6) is 1.94. The van der Waals surface area contributed by atoms with Crippen molar-refractivity contribution in [1.82, 2.24) is 16.0 Å². The van der Waals surface area contributed by atoms with Crippen LogP contribution in [0.3, 0.4) is 0 Å². The van der Waals surface area contributed by atoms with E-state index in [2.05, 4.69) is 39.7 Å². The normalized spacial score (nSPS) is 14.8. The lowest BCUT2D eigenvalue weighted by Gasteiger charge is -2.21. The van der Waals surface area contributed by atoms with Crippen LogP contribution in [0.5, 0.6) is 5.75 Å². The number of amidine groups is 1. The molecule has 2 aromatic rings. The number of ether oxygens (including phenoxy) is 1. The molecule has 36 heavy (non-hydrogen) atoms. The molecule has 0 aromatic heterocycles. The zero-order chi connectivity index (χ0) is 25.8. The first kappa shape index (κ1) is 27.0. The van der Waals surface area contributed by atoms with Crippen LogP contribution >= 0.6 is 0 Å². The van der Waals surface area contributed by atoms with Crippen molar-refractivity contribution >= 4 is 17.3 Å². The predicted octanol–water partition coefficient (Wildman–Crippen LogP) is 3.80. The van der Waals surface area contributed by atoms with E-state index in [1.807, 2.05) is 24.3 Å². The first-order chi connectivity index (χ1) is 17.5. The summed E-state index contributed by atoms with van der Waals surface area (Å²) in [5, 5.41) is 19.6. The highest BCUT2D eigenvalue weighted by molar-refractivity contribution is 5.98. The molecule has 0 spiro atoms. The van der Waals surface area contributed by atoms with Crippen molar-refractivity contribution in [3.05, 3.63) is 83.6 Å². The maximum absolute atomic E-state index is 12.3. The number of aromatic hydroxyl groups is 1. The third kappa shape index (κ3) is 8.27. The molecule has 0 atom stereocenters. The Kier molecular flexibility index (Phi) is 10.6. The van der Waals surface area contributed by atoms with Gasteiger partial charge in [0.1, 0.15) is 5.75 Å². The summed E-state index contributed by atoms with van der Waals surface area (Å²) < 4.78 is 6.07. The number of nitrogens with one attached hydrogen (secondary N) is 3. The Morgan fingerprint density at radius 1 is 1.17 bits per heavy atom. The Labute approximate surface area is 214 Å². The minimum atomic E-state index is 0.127. The number of carbonyl (C=O) groups is 1. The lowest BCUT2D eigenvalue weighted by molar-refractivity contribution is -0.122. The van der Waals surface area contributed by atoms with Crippen molar-refractivity contribution in [2.45, 2.75) is 32.2 Å². The van der Waals surface area contributed by atoms with Gasteiger partial charge in [-0.15, -0.1) is 0 Å². The van der Waals surface area contributed by atoms with Crippen LogP contribution < -0.4 is 16.0 Å². The molecule has 1 amide bonds. The number of likely N-dealkylation sites (N-methyl/N-ethyl adjacent to an activating group) is 1. The lowest BCUT2D eigenvalue weighted by atomic mass is 9.94. The van der Waals surface area contributed by atoms with Gasteiger partial charge in [-0.05, 0) is 60.7 Å². The largest absolute Gasteiger partial charge is 0.507 e. The van der Waals surface area contributed by atoms with E-state index >= 15 is 0 Å². The van der Waals surface area contributed by atoms with E-state index in [9.17, 15) is 9.90 Å². The number of hydrogen-bond acceptors (Lipinski definition) is 5. The number of aliphatic imine (C=N–C) groups is 1. The van der Waals surface area contributed by atoms with E-state index in [0.29, 0.717) is 54.6 Å². The van der Waals surface area contributed by atoms with Crippen LogP contribution in [0.2, 0.25) is 0 Å². The Hall–Kier alpha value is -3.58. The van der Waals surface area contributed by atoms with Gasteiger partial charge in [-0.3, -0.25) is 9.79 Å². The number of nitrogens with zero attached hydrogens (tertiary/aromatic N) is 1. The summed E-state index contributed by atoms with van der Waals surface area (Å²) in [4.78, 5) is 16.5. The monoisotopic (exact) mass is 490 g/mol. The summed E-state index contributed by atoms with van der Waals surface area (Å²) >= 11 is 0. The van der Waals surface area contributed by atoms with Crippen LogP contribution in [0.15, 0.2) is 71.9 Å². The van der Waals surface area contributed by atoms with Crippen molar-refractivity contribution in [2.75, 3.05) is 33.8 Å². The average molecular weight is 491 g/mol. The molecule has 0 aliphatic carbocycles. The number of para-hydroxylation sites is 1. The fraction of sp³-hybridized carbons (Fsp3) is 0.379. The molecule has 1 aliphatic rings. The summed E-state index contributed by atoms with van der Waals surface area (Å²) in [6.45, 7) is 7.09. The third-order valence-electron chi connectivity index (χ3n) is 6.34. The lowest BCUT2D eigenvalue weighted by Crippen LogP contribution is -2.32. The molecule has 0 saturated carbocycles. The minimum absolute atomic E-state index is 0.127. The van der Waals surface area contributed by atoms with Gasteiger partial charge in [0.2, 0.25) is 5.91 Å². The van der Waals surface area contributed by atoms with Crippen LogP contribution in [-0.4, -0.2) is 50.6 Å². The smallest absolute Gasteiger partial charge is 0.220 e. The minimum Gasteiger partial charge on any atom is -0.507 e. The van der Waals surface area contributed by atoms with Crippen molar-refractivity contribution < 1.29 is 14.6 Å². The fourth-order valence-electron chi connectivity index (χ4n) is 4.23. The molecule has 2 aromatic carbocycles. The molecule has 192 valence electrons. The average Bonchev–Trinajstić information content (AvgIpc) is 2.89. The molecule has 1 heterocycles. The quantitative estimate of drug-likeness (QED) is 0.166. The van der Waals surface area contributed by atoms with Gasteiger partial charge >= 0.3 is 0 Å². The number of amides is 1. The molecule has 3 rings (SSSR count). The van der Waals surface area contributed by atoms with Crippen molar-refractivity contribution in [2.24, 2.45) is 10.9 Å². The van der Waals surface area contributed by atoms with Gasteiger partial charge in [-0.25, -0.2) is 0 Å². The Bertz CT molecular complexity index is 1070. The highest BCUT2D eigenvalue weighted by Crippen LogP contribution is 2.25. The molecule has 4 N–H and O–H groups in total. The number of rotatable bonds is 11. The number of piperidine rings is 1. The Morgan fingerprint density at radius 2 is 1.86 bits per heavy atom. The van der Waals surface area contributed by atoms with E-state index < -0.39 is 0 Å². The zero-order valence-electron chi connectivity index (χ0n) is 21.3. The zero-order valence-corrected chi connectivity index (χ0v) is 21.3. The van der Waals surface area contributed by atoms with Crippen LogP contribution in [0.4, 0.5) is 0 Å². The number of benzene rings is 2. The molecule has 7 heteroatoms. The maximum Gasteiger partial charge on any atom is 0.220 e. The van der Waals surface area contributed by atoms with Crippen LogP contribution in [-0.2, 0) is 22.5 Å². The van der Waals surface area contributed by atoms with Crippen LogP contribution in [0.1, 0.15) is 36.0 Å². The maximum atomic E-state index is 12.3. The van der Waals surface area contributed by atoms with Gasteiger partial charge in [-0.1, -0.05) is 49.0 Å². The molecule has 0 unspecified atom stereocenters. The van der Waals surface area contributed by atoms with E-state index in [1.54, 1.807) is 32.3 Å². The highest BCUT2D eigenvalue weighted by atomic mass is 16.5. The molecule has 1 aliphatic heterocycles. The number of allylic oxidation sites excluding steroid dienone is 2. The molecule has 1 saturated heterocycles. The number of hydrogen-bond donors (Lipinski definition) is 4. The predicted molar refractivity (Wildman–Crippen MR) is 146 cm³/mol. The van der Waals surface area contributed by atoms with E-state index in [4.69, 9.17) is 4.74 Å². The second-order valence-electron chi connectivity index (χ2n) is 8.96. The number of carbonyl (C=O) groups excluding carboxylic acids is 1. The van der Waals surface area contributed by atoms with Crippen LogP contribution in [0.25, 0.3) is 5.57 Å². The second kappa shape index (κ2) is 14.1. The number of phenols is 1. The van der Waals surface area contributed by atoms with Crippen molar-refractivity contribution in [3.8, 4) is 5.75 Å². The highest BCUT2D eigenvalue weighted by Gasteiger charge is 2.16. The standard InChI is InChI=1S/C29H38N4O3/c1-21(25-6-4-5-7-26(25)34)18-27(29(30-2)31-3)36-17-14-22-8-10-24(11-9-22)20-33-28(35)19-23-12-15-32-16-13-23/h4-11,18,23,32,34H,1,12-17,19-20H2,2-3H3,(H,30,31)(H,33,35)/b27-18+. The van der Waals surface area contributed by atoms with Gasteiger partial charge in [0.15, 0.2) is 11.6 Å². The molecular formula is C29H38N4O3. The van der Waals surface area contributed by atoms with Gasteiger partial charge in [0.25, 0.3) is 0 Å². The summed E-state index contributed by atoms with van der Waals surface area (Å²) in [5.41, 5.74) is 3.49. The topological polar surface area (TPSA) is 95.0 Å².